The molecule has 2 aliphatic rings. The fourth-order valence-electron chi connectivity index (χ4n) is 3.99. The number of likely N-dealkylation sites (tertiary alicyclic amines) is 1. The SMILES string of the molecule is CCCOc1ccc(CN=C(NCC)NC2CCN(C3CCCC3)C2)cn1. The van der Waals surface area contributed by atoms with Crippen LogP contribution in [-0.2, 0) is 6.54 Å². The van der Waals surface area contributed by atoms with E-state index in [4.69, 9.17) is 9.73 Å². The fourth-order valence-corrected chi connectivity index (χ4v) is 3.99. The van der Waals surface area contributed by atoms with Gasteiger partial charge in [-0.2, -0.15) is 0 Å². The lowest BCUT2D eigenvalue weighted by Crippen LogP contribution is -2.45. The largest absolute Gasteiger partial charge is 0.478 e. The first-order valence-electron chi connectivity index (χ1n) is 10.6. The van der Waals surface area contributed by atoms with E-state index in [9.17, 15) is 0 Å². The third-order valence-corrected chi connectivity index (χ3v) is 5.42. The third-order valence-electron chi connectivity index (χ3n) is 5.42. The molecule has 6 nitrogen and oxygen atoms in total. The maximum atomic E-state index is 5.54. The molecule has 2 heterocycles. The quantitative estimate of drug-likeness (QED) is 0.542. The van der Waals surface area contributed by atoms with Gasteiger partial charge in [-0.15, -0.1) is 0 Å². The topological polar surface area (TPSA) is 61.8 Å². The molecular weight excluding hydrogens is 338 g/mol. The lowest BCUT2D eigenvalue weighted by molar-refractivity contribution is 0.242. The monoisotopic (exact) mass is 373 g/mol. The van der Waals surface area contributed by atoms with Crippen LogP contribution in [0.5, 0.6) is 5.88 Å². The van der Waals surface area contributed by atoms with Gasteiger partial charge in [-0.25, -0.2) is 9.98 Å². The number of rotatable bonds is 8. The van der Waals surface area contributed by atoms with Crippen molar-refractivity contribution in [2.75, 3.05) is 26.2 Å². The molecule has 2 fully saturated rings. The van der Waals surface area contributed by atoms with Gasteiger partial charge in [-0.05, 0) is 38.2 Å². The van der Waals surface area contributed by atoms with E-state index in [0.717, 1.165) is 37.1 Å². The van der Waals surface area contributed by atoms with Crippen molar-refractivity contribution in [3.8, 4) is 5.88 Å². The van der Waals surface area contributed by atoms with E-state index in [1.54, 1.807) is 0 Å². The normalized spacial score (nSPS) is 21.6. The second-order valence-electron chi connectivity index (χ2n) is 7.61. The molecule has 2 N–H and O–H groups in total. The van der Waals surface area contributed by atoms with Crippen LogP contribution in [0.4, 0.5) is 0 Å². The van der Waals surface area contributed by atoms with Crippen molar-refractivity contribution in [3.05, 3.63) is 23.9 Å². The number of aromatic nitrogens is 1. The smallest absolute Gasteiger partial charge is 0.213 e. The summed E-state index contributed by atoms with van der Waals surface area (Å²) < 4.78 is 5.54. The molecule has 1 aromatic heterocycles. The number of ether oxygens (including phenoxy) is 1. The van der Waals surface area contributed by atoms with Crippen LogP contribution in [0.1, 0.15) is 57.9 Å². The molecule has 1 atom stereocenters. The van der Waals surface area contributed by atoms with Gasteiger partial charge in [0, 0.05) is 44.0 Å². The molecule has 0 spiro atoms. The van der Waals surface area contributed by atoms with Crippen LogP contribution in [0.15, 0.2) is 23.3 Å². The summed E-state index contributed by atoms with van der Waals surface area (Å²) in [7, 11) is 0. The summed E-state index contributed by atoms with van der Waals surface area (Å²) in [6, 6.07) is 5.28. The Bertz CT molecular complexity index is 583. The molecule has 0 radical (unpaired) electrons. The van der Waals surface area contributed by atoms with Crippen molar-refractivity contribution >= 4 is 5.96 Å². The summed E-state index contributed by atoms with van der Waals surface area (Å²) in [6.45, 7) is 8.75. The molecule has 1 aromatic rings. The summed E-state index contributed by atoms with van der Waals surface area (Å²) in [4.78, 5) is 11.8. The van der Waals surface area contributed by atoms with Gasteiger partial charge in [0.2, 0.25) is 5.88 Å². The summed E-state index contributed by atoms with van der Waals surface area (Å²) in [5.41, 5.74) is 1.09. The molecule has 6 heteroatoms. The van der Waals surface area contributed by atoms with E-state index in [-0.39, 0.29) is 0 Å². The number of aliphatic imine (C=N–C) groups is 1. The maximum absolute atomic E-state index is 5.54. The molecule has 1 saturated heterocycles. The van der Waals surface area contributed by atoms with Crippen LogP contribution in [0.25, 0.3) is 0 Å². The zero-order valence-corrected chi connectivity index (χ0v) is 16.9. The fraction of sp³-hybridized carbons (Fsp3) is 0.714. The van der Waals surface area contributed by atoms with E-state index in [1.165, 1.54) is 38.6 Å². The first-order valence-corrected chi connectivity index (χ1v) is 10.6. The number of nitrogens with zero attached hydrogens (tertiary/aromatic N) is 3. The van der Waals surface area contributed by atoms with Crippen molar-refractivity contribution in [3.63, 3.8) is 0 Å². The predicted octanol–water partition coefficient (Wildman–Crippen LogP) is 2.94. The van der Waals surface area contributed by atoms with Gasteiger partial charge in [0.25, 0.3) is 0 Å². The van der Waals surface area contributed by atoms with Gasteiger partial charge in [-0.1, -0.05) is 25.8 Å². The molecule has 3 rings (SSSR count). The minimum absolute atomic E-state index is 0.492. The lowest BCUT2D eigenvalue weighted by Gasteiger charge is -2.24. The lowest BCUT2D eigenvalue weighted by atomic mass is 10.2. The molecule has 0 bridgehead atoms. The van der Waals surface area contributed by atoms with E-state index in [2.05, 4.69) is 34.4 Å². The number of guanidine groups is 1. The summed E-state index contributed by atoms with van der Waals surface area (Å²) in [6.07, 6.45) is 9.61. The average Bonchev–Trinajstić information content (AvgIpc) is 3.37. The standard InChI is InChI=1S/C21H35N5O/c1-3-13-27-20-10-9-17(14-23-20)15-24-21(22-4-2)25-18-11-12-26(16-18)19-7-5-6-8-19/h9-10,14,18-19H,3-8,11-13,15-16H2,1-2H3,(H2,22,24,25). The zero-order chi connectivity index (χ0) is 18.9. The number of hydrogen-bond acceptors (Lipinski definition) is 4. The summed E-state index contributed by atoms with van der Waals surface area (Å²) >= 11 is 0. The highest BCUT2D eigenvalue weighted by Crippen LogP contribution is 2.26. The van der Waals surface area contributed by atoms with Crippen LogP contribution in [0.2, 0.25) is 0 Å². The van der Waals surface area contributed by atoms with E-state index in [1.807, 2.05) is 18.3 Å². The van der Waals surface area contributed by atoms with Gasteiger partial charge in [0.05, 0.1) is 13.2 Å². The van der Waals surface area contributed by atoms with E-state index < -0.39 is 0 Å². The van der Waals surface area contributed by atoms with Crippen LogP contribution in [0, 0.1) is 0 Å². The highest BCUT2D eigenvalue weighted by Gasteiger charge is 2.30. The summed E-state index contributed by atoms with van der Waals surface area (Å²) in [5.74, 6) is 1.59. The second kappa shape index (κ2) is 10.5. The second-order valence-corrected chi connectivity index (χ2v) is 7.61. The first-order chi connectivity index (χ1) is 13.3. The van der Waals surface area contributed by atoms with Crippen molar-refractivity contribution in [2.45, 2.75) is 71.0 Å². The number of hydrogen-bond donors (Lipinski definition) is 2. The molecule has 1 aliphatic heterocycles. The van der Waals surface area contributed by atoms with E-state index >= 15 is 0 Å². The third kappa shape index (κ3) is 6.09. The Labute approximate surface area is 163 Å². The van der Waals surface area contributed by atoms with Gasteiger partial charge in [-0.3, -0.25) is 4.90 Å². The maximum Gasteiger partial charge on any atom is 0.213 e. The van der Waals surface area contributed by atoms with Gasteiger partial charge < -0.3 is 15.4 Å². The molecule has 150 valence electrons. The minimum Gasteiger partial charge on any atom is -0.478 e. The molecule has 1 saturated carbocycles. The van der Waals surface area contributed by atoms with Crippen LogP contribution in [0.3, 0.4) is 0 Å². The van der Waals surface area contributed by atoms with Gasteiger partial charge in [0.15, 0.2) is 5.96 Å². The van der Waals surface area contributed by atoms with Crippen molar-refractivity contribution in [1.29, 1.82) is 0 Å². The Balaban J connectivity index is 1.50. The van der Waals surface area contributed by atoms with Crippen LogP contribution >= 0.6 is 0 Å². The number of pyridine rings is 1. The molecule has 0 aromatic carbocycles. The zero-order valence-electron chi connectivity index (χ0n) is 16.9. The predicted molar refractivity (Wildman–Crippen MR) is 110 cm³/mol. The number of nitrogens with one attached hydrogen (secondary N) is 2. The molecular formula is C21H35N5O. The van der Waals surface area contributed by atoms with Gasteiger partial charge >= 0.3 is 0 Å². The molecule has 1 aliphatic carbocycles. The molecule has 27 heavy (non-hydrogen) atoms. The van der Waals surface area contributed by atoms with Gasteiger partial charge in [0.1, 0.15) is 0 Å². The Kier molecular flexibility index (Phi) is 7.75. The molecule has 0 amide bonds. The summed E-state index contributed by atoms with van der Waals surface area (Å²) in [5, 5.41) is 7.01. The highest BCUT2D eigenvalue weighted by molar-refractivity contribution is 5.80. The molecule has 1 unspecified atom stereocenters. The Morgan fingerprint density at radius 2 is 2.11 bits per heavy atom. The Hall–Kier alpha value is -1.82. The van der Waals surface area contributed by atoms with Crippen LogP contribution < -0.4 is 15.4 Å². The Morgan fingerprint density at radius 1 is 1.26 bits per heavy atom. The van der Waals surface area contributed by atoms with Crippen LogP contribution in [-0.4, -0.2) is 54.2 Å². The first kappa shape index (κ1) is 19.9. The van der Waals surface area contributed by atoms with Crippen molar-refractivity contribution in [1.82, 2.24) is 20.5 Å². The minimum atomic E-state index is 0.492. The highest BCUT2D eigenvalue weighted by atomic mass is 16.5. The average molecular weight is 374 g/mol. The van der Waals surface area contributed by atoms with Crippen molar-refractivity contribution < 1.29 is 4.74 Å². The van der Waals surface area contributed by atoms with E-state index in [0.29, 0.717) is 25.1 Å². The van der Waals surface area contributed by atoms with Crippen molar-refractivity contribution in [2.24, 2.45) is 4.99 Å². The Morgan fingerprint density at radius 3 is 2.81 bits per heavy atom.